The molecule has 0 spiro atoms. The van der Waals surface area contributed by atoms with Crippen LogP contribution < -0.4 is 5.32 Å². The predicted molar refractivity (Wildman–Crippen MR) is 85.4 cm³/mol. The lowest BCUT2D eigenvalue weighted by Gasteiger charge is -2.38. The van der Waals surface area contributed by atoms with E-state index in [0.29, 0.717) is 18.5 Å². The minimum atomic E-state index is -0.204. The van der Waals surface area contributed by atoms with E-state index in [9.17, 15) is 9.59 Å². The van der Waals surface area contributed by atoms with Crippen LogP contribution in [0.5, 0.6) is 0 Å². The van der Waals surface area contributed by atoms with Crippen LogP contribution in [0.1, 0.15) is 58.3 Å². The van der Waals surface area contributed by atoms with E-state index in [1.54, 1.807) is 0 Å². The summed E-state index contributed by atoms with van der Waals surface area (Å²) in [5, 5.41) is 3.62. The highest BCUT2D eigenvalue weighted by Gasteiger charge is 2.37. The summed E-state index contributed by atoms with van der Waals surface area (Å²) in [5.74, 6) is 0.355. The zero-order valence-corrected chi connectivity index (χ0v) is 13.7. The van der Waals surface area contributed by atoms with E-state index in [0.717, 1.165) is 51.7 Å². The number of rotatable bonds is 3. The van der Waals surface area contributed by atoms with Gasteiger partial charge in [0.15, 0.2) is 0 Å². The maximum absolute atomic E-state index is 13.0. The Hall–Kier alpha value is -1.10. The van der Waals surface area contributed by atoms with Gasteiger partial charge in [-0.05, 0) is 44.9 Å². The number of amides is 2. The standard InChI is InChI=1S/C17H29N3O2/c1-2-5-16(21)20-10-4-3-6-15(20)17(22)19-11-9-13-7-8-14(12-19)18-13/h13-15,18H,2-12H2,1H3. The zero-order valence-electron chi connectivity index (χ0n) is 13.7. The van der Waals surface area contributed by atoms with Crippen molar-refractivity contribution in [2.45, 2.75) is 76.4 Å². The molecular weight excluding hydrogens is 278 g/mol. The van der Waals surface area contributed by atoms with Crippen LogP contribution in [0, 0.1) is 0 Å². The number of carbonyl (C=O) groups is 2. The molecule has 0 aromatic carbocycles. The van der Waals surface area contributed by atoms with E-state index in [1.165, 1.54) is 12.8 Å². The maximum Gasteiger partial charge on any atom is 0.245 e. The van der Waals surface area contributed by atoms with Gasteiger partial charge in [-0.15, -0.1) is 0 Å². The van der Waals surface area contributed by atoms with Gasteiger partial charge in [-0.2, -0.15) is 0 Å². The number of carbonyl (C=O) groups excluding carboxylic acids is 2. The monoisotopic (exact) mass is 307 g/mol. The number of hydrogen-bond acceptors (Lipinski definition) is 3. The normalized spacial score (nSPS) is 32.0. The topological polar surface area (TPSA) is 52.7 Å². The second-order valence-corrected chi connectivity index (χ2v) is 7.06. The average Bonchev–Trinajstić information content (AvgIpc) is 2.86. The van der Waals surface area contributed by atoms with Crippen molar-refractivity contribution in [3.8, 4) is 0 Å². The minimum Gasteiger partial charge on any atom is -0.339 e. The van der Waals surface area contributed by atoms with Crippen LogP contribution in [0.2, 0.25) is 0 Å². The fourth-order valence-electron chi connectivity index (χ4n) is 4.20. The van der Waals surface area contributed by atoms with Gasteiger partial charge in [0.25, 0.3) is 0 Å². The van der Waals surface area contributed by atoms with Crippen molar-refractivity contribution in [2.75, 3.05) is 19.6 Å². The summed E-state index contributed by atoms with van der Waals surface area (Å²) < 4.78 is 0. The SMILES string of the molecule is CCCC(=O)N1CCCCC1C(=O)N1CCC2CCC(C1)N2. The largest absolute Gasteiger partial charge is 0.339 e. The van der Waals surface area contributed by atoms with E-state index in [4.69, 9.17) is 0 Å². The Morgan fingerprint density at radius 1 is 1.05 bits per heavy atom. The smallest absolute Gasteiger partial charge is 0.245 e. The summed E-state index contributed by atoms with van der Waals surface area (Å²) in [7, 11) is 0. The summed E-state index contributed by atoms with van der Waals surface area (Å²) in [6.45, 7) is 4.45. The lowest BCUT2D eigenvalue weighted by Crippen LogP contribution is -2.54. The van der Waals surface area contributed by atoms with E-state index in [-0.39, 0.29) is 17.9 Å². The van der Waals surface area contributed by atoms with Crippen molar-refractivity contribution in [2.24, 2.45) is 0 Å². The van der Waals surface area contributed by atoms with Gasteiger partial charge < -0.3 is 15.1 Å². The highest BCUT2D eigenvalue weighted by molar-refractivity contribution is 5.88. The van der Waals surface area contributed by atoms with E-state index < -0.39 is 0 Å². The van der Waals surface area contributed by atoms with Gasteiger partial charge in [-0.3, -0.25) is 9.59 Å². The van der Waals surface area contributed by atoms with E-state index >= 15 is 0 Å². The predicted octanol–water partition coefficient (Wildman–Crippen LogP) is 1.52. The fourth-order valence-corrected chi connectivity index (χ4v) is 4.20. The molecule has 2 bridgehead atoms. The Morgan fingerprint density at radius 3 is 2.68 bits per heavy atom. The molecule has 124 valence electrons. The molecule has 3 heterocycles. The molecule has 3 aliphatic heterocycles. The van der Waals surface area contributed by atoms with Crippen molar-refractivity contribution in [1.82, 2.24) is 15.1 Å². The number of hydrogen-bond donors (Lipinski definition) is 1. The first kappa shape index (κ1) is 15.8. The Kier molecular flexibility index (Phi) is 5.01. The Balaban J connectivity index is 1.67. The quantitative estimate of drug-likeness (QED) is 0.860. The number of piperidine rings is 1. The second kappa shape index (κ2) is 6.99. The van der Waals surface area contributed by atoms with Crippen molar-refractivity contribution in [3.05, 3.63) is 0 Å². The van der Waals surface area contributed by atoms with E-state index in [1.807, 2.05) is 16.7 Å². The Bertz CT molecular complexity index is 426. The lowest BCUT2D eigenvalue weighted by molar-refractivity contribution is -0.147. The minimum absolute atomic E-state index is 0.162. The van der Waals surface area contributed by atoms with Crippen LogP contribution >= 0.6 is 0 Å². The third kappa shape index (κ3) is 3.29. The zero-order chi connectivity index (χ0) is 15.5. The molecule has 5 heteroatoms. The molecule has 3 atom stereocenters. The first-order valence-electron chi connectivity index (χ1n) is 9.03. The van der Waals surface area contributed by atoms with Gasteiger partial charge in [0, 0.05) is 38.1 Å². The first-order valence-corrected chi connectivity index (χ1v) is 9.03. The molecular formula is C17H29N3O2. The fraction of sp³-hybridized carbons (Fsp3) is 0.882. The van der Waals surface area contributed by atoms with Gasteiger partial charge in [0.2, 0.25) is 11.8 Å². The van der Waals surface area contributed by atoms with Gasteiger partial charge in [0.1, 0.15) is 6.04 Å². The van der Waals surface area contributed by atoms with Crippen LogP contribution in [0.25, 0.3) is 0 Å². The number of nitrogens with one attached hydrogen (secondary N) is 1. The van der Waals surface area contributed by atoms with Crippen LogP contribution in [0.4, 0.5) is 0 Å². The van der Waals surface area contributed by atoms with Crippen molar-refractivity contribution in [1.29, 1.82) is 0 Å². The molecule has 0 aliphatic carbocycles. The molecule has 3 unspecified atom stereocenters. The Labute approximate surface area is 133 Å². The molecule has 3 rings (SSSR count). The van der Waals surface area contributed by atoms with Crippen molar-refractivity contribution in [3.63, 3.8) is 0 Å². The number of nitrogens with zero attached hydrogens (tertiary/aromatic N) is 2. The van der Waals surface area contributed by atoms with Gasteiger partial charge >= 0.3 is 0 Å². The maximum atomic E-state index is 13.0. The molecule has 22 heavy (non-hydrogen) atoms. The molecule has 0 aromatic rings. The third-order valence-electron chi connectivity index (χ3n) is 5.41. The molecule has 1 N–H and O–H groups in total. The van der Waals surface area contributed by atoms with Gasteiger partial charge in [-0.25, -0.2) is 0 Å². The van der Waals surface area contributed by atoms with E-state index in [2.05, 4.69) is 5.32 Å². The highest BCUT2D eigenvalue weighted by Crippen LogP contribution is 2.24. The first-order chi connectivity index (χ1) is 10.7. The molecule has 3 saturated heterocycles. The molecule has 5 nitrogen and oxygen atoms in total. The van der Waals surface area contributed by atoms with Crippen LogP contribution in [-0.4, -0.2) is 59.4 Å². The van der Waals surface area contributed by atoms with Crippen LogP contribution in [-0.2, 0) is 9.59 Å². The Morgan fingerprint density at radius 2 is 1.86 bits per heavy atom. The van der Waals surface area contributed by atoms with Gasteiger partial charge in [0.05, 0.1) is 0 Å². The van der Waals surface area contributed by atoms with Crippen LogP contribution in [0.15, 0.2) is 0 Å². The number of likely N-dealkylation sites (tertiary alicyclic amines) is 2. The summed E-state index contributed by atoms with van der Waals surface area (Å²) >= 11 is 0. The lowest BCUT2D eigenvalue weighted by atomic mass is 9.99. The van der Waals surface area contributed by atoms with Crippen molar-refractivity contribution < 1.29 is 9.59 Å². The molecule has 0 aromatic heterocycles. The van der Waals surface area contributed by atoms with Crippen LogP contribution in [0.3, 0.4) is 0 Å². The third-order valence-corrected chi connectivity index (χ3v) is 5.41. The molecule has 2 amide bonds. The summed E-state index contributed by atoms with van der Waals surface area (Å²) in [6.07, 6.45) is 7.83. The molecule has 0 radical (unpaired) electrons. The average molecular weight is 307 g/mol. The van der Waals surface area contributed by atoms with Gasteiger partial charge in [-0.1, -0.05) is 6.92 Å². The summed E-state index contributed by atoms with van der Waals surface area (Å²) in [4.78, 5) is 29.2. The highest BCUT2D eigenvalue weighted by atomic mass is 16.2. The number of fused-ring (bicyclic) bond motifs is 2. The van der Waals surface area contributed by atoms with Crippen molar-refractivity contribution >= 4 is 11.8 Å². The molecule has 3 fully saturated rings. The summed E-state index contributed by atoms with van der Waals surface area (Å²) in [6, 6.07) is 0.844. The second-order valence-electron chi connectivity index (χ2n) is 7.06. The molecule has 3 aliphatic rings. The molecule has 0 saturated carbocycles. The summed E-state index contributed by atoms with van der Waals surface area (Å²) in [5.41, 5.74) is 0.